The summed E-state index contributed by atoms with van der Waals surface area (Å²) in [7, 11) is 0. The van der Waals surface area contributed by atoms with Crippen LogP contribution >= 0.6 is 0 Å². The van der Waals surface area contributed by atoms with Crippen molar-refractivity contribution in [1.29, 1.82) is 0 Å². The molecule has 26 heavy (non-hydrogen) atoms. The van der Waals surface area contributed by atoms with E-state index < -0.39 is 12.0 Å². The van der Waals surface area contributed by atoms with Crippen LogP contribution < -0.4 is 21.1 Å². The zero-order valence-corrected chi connectivity index (χ0v) is 14.4. The van der Waals surface area contributed by atoms with Gasteiger partial charge in [-0.3, -0.25) is 9.59 Å². The summed E-state index contributed by atoms with van der Waals surface area (Å²) >= 11 is 0. The van der Waals surface area contributed by atoms with Gasteiger partial charge in [0.05, 0.1) is 11.7 Å². The number of para-hydroxylation sites is 1. The number of carbonyl (C=O) groups is 2. The van der Waals surface area contributed by atoms with Crippen molar-refractivity contribution in [3.05, 3.63) is 65.7 Å². The summed E-state index contributed by atoms with van der Waals surface area (Å²) < 4.78 is 5.34. The van der Waals surface area contributed by atoms with E-state index in [-0.39, 0.29) is 23.8 Å². The van der Waals surface area contributed by atoms with Gasteiger partial charge in [0.15, 0.2) is 6.61 Å². The van der Waals surface area contributed by atoms with Crippen molar-refractivity contribution in [3.8, 4) is 5.75 Å². The van der Waals surface area contributed by atoms with Crippen LogP contribution in [0.15, 0.2) is 54.6 Å². The molecule has 2 aromatic rings. The number of nitrogens with two attached hydrogens (primary N) is 1. The fourth-order valence-corrected chi connectivity index (χ4v) is 2.31. The number of nitrogens with one attached hydrogen (secondary N) is 2. The SMILES string of the molecule is NC(=O)c1ccccc1OCC(=O)NCCNCC(O)c1ccccc1. The topological polar surface area (TPSA) is 114 Å². The van der Waals surface area contributed by atoms with Crippen LogP contribution in [0.25, 0.3) is 0 Å². The maximum Gasteiger partial charge on any atom is 0.257 e. The van der Waals surface area contributed by atoms with E-state index in [1.54, 1.807) is 18.2 Å². The molecule has 0 aliphatic carbocycles. The summed E-state index contributed by atoms with van der Waals surface area (Å²) in [4.78, 5) is 23.1. The summed E-state index contributed by atoms with van der Waals surface area (Å²) in [5.74, 6) is -0.642. The first-order valence-corrected chi connectivity index (χ1v) is 8.30. The molecule has 0 saturated carbocycles. The molecule has 0 radical (unpaired) electrons. The number of aliphatic hydroxyl groups excluding tert-OH is 1. The second kappa shape index (κ2) is 10.2. The van der Waals surface area contributed by atoms with Crippen molar-refractivity contribution in [1.82, 2.24) is 10.6 Å². The van der Waals surface area contributed by atoms with E-state index in [9.17, 15) is 14.7 Å². The Hall–Kier alpha value is -2.90. The highest BCUT2D eigenvalue weighted by atomic mass is 16.5. The largest absolute Gasteiger partial charge is 0.483 e. The number of rotatable bonds is 10. The minimum atomic E-state index is -0.609. The third-order valence-electron chi connectivity index (χ3n) is 3.66. The van der Waals surface area contributed by atoms with Crippen molar-refractivity contribution in [2.75, 3.05) is 26.2 Å². The number of carbonyl (C=O) groups excluding carboxylic acids is 2. The van der Waals surface area contributed by atoms with Gasteiger partial charge >= 0.3 is 0 Å². The van der Waals surface area contributed by atoms with Gasteiger partial charge in [0.25, 0.3) is 11.8 Å². The fourth-order valence-electron chi connectivity index (χ4n) is 2.31. The van der Waals surface area contributed by atoms with Gasteiger partial charge in [-0.1, -0.05) is 42.5 Å². The van der Waals surface area contributed by atoms with Crippen LogP contribution in [0.4, 0.5) is 0 Å². The van der Waals surface area contributed by atoms with E-state index >= 15 is 0 Å². The molecule has 2 amide bonds. The smallest absolute Gasteiger partial charge is 0.257 e. The van der Waals surface area contributed by atoms with E-state index in [4.69, 9.17) is 10.5 Å². The van der Waals surface area contributed by atoms with Crippen molar-refractivity contribution in [2.24, 2.45) is 5.73 Å². The fraction of sp³-hybridized carbons (Fsp3) is 0.263. The average molecular weight is 357 g/mol. The maximum absolute atomic E-state index is 11.8. The summed E-state index contributed by atoms with van der Waals surface area (Å²) in [6, 6.07) is 15.8. The number of amides is 2. The summed E-state index contributed by atoms with van der Waals surface area (Å²) in [6.07, 6.45) is -0.597. The predicted octanol–water partition coefficient (Wildman–Crippen LogP) is 0.604. The lowest BCUT2D eigenvalue weighted by Gasteiger charge is -2.13. The van der Waals surface area contributed by atoms with E-state index in [2.05, 4.69) is 10.6 Å². The van der Waals surface area contributed by atoms with Gasteiger partial charge in [0, 0.05) is 19.6 Å². The number of benzene rings is 2. The molecule has 0 saturated heterocycles. The molecule has 2 rings (SSSR count). The second-order valence-corrected chi connectivity index (χ2v) is 5.63. The number of primary amides is 1. The van der Waals surface area contributed by atoms with Crippen LogP contribution in [0.2, 0.25) is 0 Å². The maximum atomic E-state index is 11.8. The van der Waals surface area contributed by atoms with Crippen LogP contribution in [0.3, 0.4) is 0 Å². The number of hydrogen-bond donors (Lipinski definition) is 4. The van der Waals surface area contributed by atoms with Crippen LogP contribution in [0.5, 0.6) is 5.75 Å². The first kappa shape index (κ1) is 19.4. The molecular formula is C19H23N3O4. The molecule has 0 aliphatic rings. The van der Waals surface area contributed by atoms with Gasteiger partial charge in [-0.2, -0.15) is 0 Å². The quantitative estimate of drug-likeness (QED) is 0.465. The van der Waals surface area contributed by atoms with Crippen LogP contribution in [-0.2, 0) is 4.79 Å². The Bertz CT molecular complexity index is 722. The number of hydrogen-bond acceptors (Lipinski definition) is 5. The van der Waals surface area contributed by atoms with E-state index in [0.717, 1.165) is 5.56 Å². The standard InChI is InChI=1S/C19H23N3O4/c20-19(25)15-8-4-5-9-17(15)26-13-18(24)22-11-10-21-12-16(23)14-6-2-1-3-7-14/h1-9,16,21,23H,10-13H2,(H2,20,25)(H,22,24). The predicted molar refractivity (Wildman–Crippen MR) is 97.7 cm³/mol. The van der Waals surface area contributed by atoms with Gasteiger partial charge in [-0.05, 0) is 17.7 Å². The Morgan fingerprint density at radius 3 is 2.46 bits per heavy atom. The molecule has 1 unspecified atom stereocenters. The highest BCUT2D eigenvalue weighted by molar-refractivity contribution is 5.95. The molecule has 7 heteroatoms. The first-order valence-electron chi connectivity index (χ1n) is 8.30. The van der Waals surface area contributed by atoms with Crippen molar-refractivity contribution < 1.29 is 19.4 Å². The Kier molecular flexibility index (Phi) is 7.60. The molecule has 0 spiro atoms. The third-order valence-corrected chi connectivity index (χ3v) is 3.66. The van der Waals surface area contributed by atoms with E-state index in [0.29, 0.717) is 19.6 Å². The van der Waals surface area contributed by atoms with Gasteiger partial charge < -0.3 is 26.2 Å². The highest BCUT2D eigenvalue weighted by Crippen LogP contribution is 2.16. The lowest BCUT2D eigenvalue weighted by atomic mass is 10.1. The summed E-state index contributed by atoms with van der Waals surface area (Å²) in [5, 5.41) is 15.8. The molecule has 7 nitrogen and oxygen atoms in total. The summed E-state index contributed by atoms with van der Waals surface area (Å²) in [6.45, 7) is 1.08. The molecule has 0 aromatic heterocycles. The Balaban J connectivity index is 1.63. The van der Waals surface area contributed by atoms with E-state index in [1.165, 1.54) is 6.07 Å². The molecule has 0 fully saturated rings. The molecule has 0 heterocycles. The summed E-state index contributed by atoms with van der Waals surface area (Å²) in [5.41, 5.74) is 6.32. The highest BCUT2D eigenvalue weighted by Gasteiger charge is 2.10. The Morgan fingerprint density at radius 1 is 1.04 bits per heavy atom. The van der Waals surface area contributed by atoms with Crippen molar-refractivity contribution in [3.63, 3.8) is 0 Å². The molecule has 0 bridgehead atoms. The molecule has 0 aliphatic heterocycles. The zero-order chi connectivity index (χ0) is 18.8. The number of ether oxygens (including phenoxy) is 1. The minimum absolute atomic E-state index is 0.211. The van der Waals surface area contributed by atoms with E-state index in [1.807, 2.05) is 30.3 Å². The minimum Gasteiger partial charge on any atom is -0.483 e. The molecule has 2 aromatic carbocycles. The lowest BCUT2D eigenvalue weighted by Crippen LogP contribution is -2.36. The van der Waals surface area contributed by atoms with Crippen molar-refractivity contribution in [2.45, 2.75) is 6.10 Å². The van der Waals surface area contributed by atoms with Crippen LogP contribution in [0.1, 0.15) is 22.0 Å². The monoisotopic (exact) mass is 357 g/mol. The zero-order valence-electron chi connectivity index (χ0n) is 14.4. The van der Waals surface area contributed by atoms with Gasteiger partial charge in [0.2, 0.25) is 0 Å². The lowest BCUT2D eigenvalue weighted by molar-refractivity contribution is -0.123. The van der Waals surface area contributed by atoms with Gasteiger partial charge in [0.1, 0.15) is 5.75 Å². The Labute approximate surface area is 152 Å². The van der Waals surface area contributed by atoms with Crippen LogP contribution in [-0.4, -0.2) is 43.2 Å². The molecular weight excluding hydrogens is 334 g/mol. The number of aliphatic hydroxyl groups is 1. The van der Waals surface area contributed by atoms with Crippen molar-refractivity contribution >= 4 is 11.8 Å². The Morgan fingerprint density at radius 2 is 1.73 bits per heavy atom. The molecule has 5 N–H and O–H groups in total. The first-order chi connectivity index (χ1) is 12.6. The normalized spacial score (nSPS) is 11.6. The average Bonchev–Trinajstić information content (AvgIpc) is 2.66. The second-order valence-electron chi connectivity index (χ2n) is 5.63. The van der Waals surface area contributed by atoms with Crippen LogP contribution in [0, 0.1) is 0 Å². The molecule has 138 valence electrons. The van der Waals surface area contributed by atoms with Gasteiger partial charge in [-0.15, -0.1) is 0 Å². The third kappa shape index (κ3) is 6.19. The molecule has 1 atom stereocenters. The van der Waals surface area contributed by atoms with Gasteiger partial charge in [-0.25, -0.2) is 0 Å².